The monoisotopic (exact) mass is 407 g/mol. The molecule has 5 rings (SSSR count). The van der Waals surface area contributed by atoms with Crippen LogP contribution in [-0.4, -0.2) is 51.1 Å². The highest BCUT2D eigenvalue weighted by Gasteiger charge is 2.42. The molecule has 2 atom stereocenters. The van der Waals surface area contributed by atoms with Gasteiger partial charge in [0.25, 0.3) is 0 Å². The van der Waals surface area contributed by atoms with Gasteiger partial charge >= 0.3 is 0 Å². The van der Waals surface area contributed by atoms with Crippen LogP contribution in [0.4, 0.5) is 10.1 Å². The summed E-state index contributed by atoms with van der Waals surface area (Å²) < 4.78 is 16.2. The fourth-order valence-corrected chi connectivity index (χ4v) is 4.98. The predicted molar refractivity (Wildman–Crippen MR) is 113 cm³/mol. The van der Waals surface area contributed by atoms with Crippen molar-refractivity contribution >= 4 is 17.2 Å². The van der Waals surface area contributed by atoms with Crippen LogP contribution in [0.3, 0.4) is 0 Å². The molecule has 0 bridgehead atoms. The maximum absolute atomic E-state index is 14.4. The number of nitrogens with zero attached hydrogens (tertiary/aromatic N) is 5. The molecule has 2 fully saturated rings. The summed E-state index contributed by atoms with van der Waals surface area (Å²) in [6.45, 7) is 3.96. The number of rotatable bonds is 5. The van der Waals surface area contributed by atoms with Crippen LogP contribution in [0.5, 0.6) is 0 Å². The number of aromatic nitrogens is 3. The van der Waals surface area contributed by atoms with Gasteiger partial charge in [0.1, 0.15) is 12.1 Å². The summed E-state index contributed by atoms with van der Waals surface area (Å²) in [7, 11) is 0. The van der Waals surface area contributed by atoms with Crippen molar-refractivity contribution in [1.29, 1.82) is 0 Å². The zero-order valence-corrected chi connectivity index (χ0v) is 17.2. The number of piperazine rings is 1. The number of carbonyl (C=O) groups is 1. The van der Waals surface area contributed by atoms with Gasteiger partial charge < -0.3 is 9.80 Å². The van der Waals surface area contributed by atoms with Crippen molar-refractivity contribution < 1.29 is 9.18 Å². The van der Waals surface area contributed by atoms with Crippen molar-refractivity contribution in [3.8, 4) is 0 Å². The first-order chi connectivity index (χ1) is 14.6. The molecule has 2 aromatic heterocycles. The fourth-order valence-electron chi connectivity index (χ4n) is 4.98. The first kappa shape index (κ1) is 19.0. The van der Waals surface area contributed by atoms with Gasteiger partial charge in [-0.15, -0.1) is 0 Å². The number of anilines is 1. The van der Waals surface area contributed by atoms with Crippen LogP contribution in [0.15, 0.2) is 42.9 Å². The van der Waals surface area contributed by atoms with Crippen LogP contribution >= 0.6 is 0 Å². The van der Waals surface area contributed by atoms with E-state index in [0.717, 1.165) is 36.9 Å². The Morgan fingerprint density at radius 2 is 2.13 bits per heavy atom. The molecule has 0 N–H and O–H groups in total. The number of amides is 1. The molecule has 0 spiro atoms. The number of benzene rings is 1. The van der Waals surface area contributed by atoms with Crippen LogP contribution in [-0.2, 0) is 11.2 Å². The number of fused-ring (bicyclic) bond motifs is 2. The minimum absolute atomic E-state index is 0.0652. The van der Waals surface area contributed by atoms with Gasteiger partial charge in [-0.05, 0) is 61.9 Å². The number of halogens is 1. The van der Waals surface area contributed by atoms with Gasteiger partial charge in [-0.3, -0.25) is 4.79 Å². The van der Waals surface area contributed by atoms with Crippen LogP contribution in [0.25, 0.3) is 5.65 Å². The van der Waals surface area contributed by atoms with Crippen LogP contribution in [0.2, 0.25) is 0 Å². The lowest BCUT2D eigenvalue weighted by molar-refractivity contribution is -0.132. The highest BCUT2D eigenvalue weighted by molar-refractivity contribution is 5.82. The lowest BCUT2D eigenvalue weighted by Crippen LogP contribution is -2.51. The molecule has 3 aromatic rings. The van der Waals surface area contributed by atoms with Gasteiger partial charge in [0.15, 0.2) is 5.65 Å². The van der Waals surface area contributed by atoms with E-state index in [1.54, 1.807) is 16.9 Å². The van der Waals surface area contributed by atoms with Crippen LogP contribution in [0.1, 0.15) is 30.4 Å². The molecule has 4 heterocycles. The third kappa shape index (κ3) is 3.42. The molecule has 1 aromatic carbocycles. The molecule has 0 unspecified atom stereocenters. The molecule has 0 aliphatic carbocycles. The van der Waals surface area contributed by atoms with Gasteiger partial charge in [0.05, 0.1) is 11.7 Å². The molecule has 2 aliphatic heterocycles. The van der Waals surface area contributed by atoms with Crippen molar-refractivity contribution in [2.45, 2.75) is 38.6 Å². The van der Waals surface area contributed by atoms with Crippen molar-refractivity contribution in [3.63, 3.8) is 0 Å². The normalized spacial score (nSPS) is 21.5. The van der Waals surface area contributed by atoms with Crippen molar-refractivity contribution in [2.24, 2.45) is 5.92 Å². The van der Waals surface area contributed by atoms with E-state index in [9.17, 15) is 9.18 Å². The summed E-state index contributed by atoms with van der Waals surface area (Å²) in [5, 5.41) is 4.18. The molecule has 7 heteroatoms. The third-order valence-corrected chi connectivity index (χ3v) is 6.50. The van der Waals surface area contributed by atoms with E-state index in [-0.39, 0.29) is 23.7 Å². The number of aryl methyl sites for hydroxylation is 2. The van der Waals surface area contributed by atoms with Gasteiger partial charge in [0.2, 0.25) is 5.91 Å². The molecule has 30 heavy (non-hydrogen) atoms. The Labute approximate surface area is 175 Å². The molecule has 2 saturated heterocycles. The Bertz CT molecular complexity index is 1080. The highest BCUT2D eigenvalue weighted by atomic mass is 19.1. The Balaban J connectivity index is 1.21. The highest BCUT2D eigenvalue weighted by Crippen LogP contribution is 2.33. The first-order valence-corrected chi connectivity index (χ1v) is 10.7. The summed E-state index contributed by atoms with van der Waals surface area (Å²) in [5.74, 6) is 0.159. The smallest absolute Gasteiger partial charge is 0.226 e. The van der Waals surface area contributed by atoms with E-state index in [2.05, 4.69) is 21.0 Å². The predicted octanol–water partition coefficient (Wildman–Crippen LogP) is 3.24. The largest absolute Gasteiger partial charge is 0.365 e. The summed E-state index contributed by atoms with van der Waals surface area (Å²) in [4.78, 5) is 21.4. The number of hydrogen-bond donors (Lipinski definition) is 0. The van der Waals surface area contributed by atoms with E-state index in [4.69, 9.17) is 0 Å². The molecule has 2 aliphatic rings. The summed E-state index contributed by atoms with van der Waals surface area (Å²) in [5.41, 5.74) is 3.63. The molecule has 0 saturated carbocycles. The van der Waals surface area contributed by atoms with Gasteiger partial charge in [-0.2, -0.15) is 5.10 Å². The zero-order chi connectivity index (χ0) is 20.7. The second-order valence-corrected chi connectivity index (χ2v) is 8.47. The van der Waals surface area contributed by atoms with Crippen molar-refractivity contribution in [1.82, 2.24) is 19.5 Å². The third-order valence-electron chi connectivity index (χ3n) is 6.50. The first-order valence-electron chi connectivity index (χ1n) is 10.7. The van der Waals surface area contributed by atoms with Crippen molar-refractivity contribution in [2.75, 3.05) is 24.5 Å². The fraction of sp³-hybridized carbons (Fsp3) is 0.435. The van der Waals surface area contributed by atoms with Crippen LogP contribution in [0, 0.1) is 18.7 Å². The second kappa shape index (κ2) is 7.70. The van der Waals surface area contributed by atoms with E-state index in [0.29, 0.717) is 25.3 Å². The molecular weight excluding hydrogens is 381 g/mol. The quantitative estimate of drug-likeness (QED) is 0.652. The molecule has 1 amide bonds. The maximum Gasteiger partial charge on any atom is 0.226 e. The maximum atomic E-state index is 14.4. The van der Waals surface area contributed by atoms with Gasteiger partial charge in [-0.1, -0.05) is 12.1 Å². The topological polar surface area (TPSA) is 53.7 Å². The lowest BCUT2D eigenvalue weighted by atomic mass is 9.96. The van der Waals surface area contributed by atoms with Gasteiger partial charge in [-0.25, -0.2) is 13.9 Å². The molecule has 0 radical (unpaired) electrons. The Kier molecular flexibility index (Phi) is 4.89. The molecule has 6 nitrogen and oxygen atoms in total. The van der Waals surface area contributed by atoms with Crippen molar-refractivity contribution in [3.05, 3.63) is 59.8 Å². The zero-order valence-electron chi connectivity index (χ0n) is 17.2. The average molecular weight is 407 g/mol. The van der Waals surface area contributed by atoms with E-state index in [1.165, 1.54) is 5.56 Å². The SMILES string of the molecule is Cc1ccc(N2CCN3C(=O)[C@@H](CCCc4cccn5ncnc45)C[C@H]3C2)c(F)c1. The second-order valence-electron chi connectivity index (χ2n) is 8.47. The summed E-state index contributed by atoms with van der Waals surface area (Å²) in [6.07, 6.45) is 7.03. The minimum Gasteiger partial charge on any atom is -0.365 e. The number of pyridine rings is 1. The lowest BCUT2D eigenvalue weighted by Gasteiger charge is -2.39. The standard InChI is InChI=1S/C23H26FN5O/c1-16-7-8-21(20(24)12-16)27-10-11-28-19(14-27)13-18(23(28)30)5-2-4-17-6-3-9-29-22(17)25-15-26-29/h3,6-9,12,15,18-19H,2,4-5,10-11,13-14H2,1H3/t18-,19-/m0/s1. The van der Waals surface area contributed by atoms with E-state index >= 15 is 0 Å². The molecular formula is C23H26FN5O. The number of carbonyl (C=O) groups excluding carboxylic acids is 1. The summed E-state index contributed by atoms with van der Waals surface area (Å²) >= 11 is 0. The van der Waals surface area contributed by atoms with Crippen LogP contribution < -0.4 is 4.90 Å². The van der Waals surface area contributed by atoms with E-state index in [1.807, 2.05) is 36.2 Å². The molecule has 156 valence electrons. The Morgan fingerprint density at radius 3 is 3.00 bits per heavy atom. The van der Waals surface area contributed by atoms with Gasteiger partial charge in [0, 0.05) is 31.7 Å². The number of hydrogen-bond acceptors (Lipinski definition) is 4. The minimum atomic E-state index is -0.174. The average Bonchev–Trinajstić information content (AvgIpc) is 3.33. The Hall–Kier alpha value is -2.96. The van der Waals surface area contributed by atoms with E-state index < -0.39 is 0 Å². The summed E-state index contributed by atoms with van der Waals surface area (Å²) in [6, 6.07) is 9.63. The Morgan fingerprint density at radius 1 is 1.23 bits per heavy atom.